The number of rotatable bonds is 4. The van der Waals surface area contributed by atoms with Gasteiger partial charge in [-0.25, -0.2) is 4.98 Å². The summed E-state index contributed by atoms with van der Waals surface area (Å²) in [5.41, 5.74) is 2.12. The number of carbonyl (C=O) groups is 1. The number of nitrogens with one attached hydrogen (secondary N) is 1. The lowest BCUT2D eigenvalue weighted by atomic mass is 9.94. The summed E-state index contributed by atoms with van der Waals surface area (Å²) in [6, 6.07) is 8.08. The predicted molar refractivity (Wildman–Crippen MR) is 85.6 cm³/mol. The average molecular weight is 301 g/mol. The molecule has 1 aromatic carbocycles. The predicted octanol–water partition coefficient (Wildman–Crippen LogP) is 2.28. The van der Waals surface area contributed by atoms with Crippen LogP contribution < -0.4 is 5.32 Å². The number of aromatic nitrogens is 2. The first kappa shape index (κ1) is 15.0. The van der Waals surface area contributed by atoms with Crippen molar-refractivity contribution >= 4 is 16.9 Å². The van der Waals surface area contributed by atoms with E-state index in [0.717, 1.165) is 42.9 Å². The van der Waals surface area contributed by atoms with Gasteiger partial charge in [0.15, 0.2) is 0 Å². The molecule has 1 saturated heterocycles. The third kappa shape index (κ3) is 2.99. The number of para-hydroxylation sites is 2. The summed E-state index contributed by atoms with van der Waals surface area (Å²) in [7, 11) is 0. The molecule has 1 aliphatic rings. The van der Waals surface area contributed by atoms with E-state index in [1.807, 2.05) is 32.0 Å². The quantitative estimate of drug-likeness (QED) is 0.942. The fourth-order valence-electron chi connectivity index (χ4n) is 3.17. The highest BCUT2D eigenvalue weighted by atomic mass is 16.5. The molecule has 1 N–H and O–H groups in total. The molecule has 22 heavy (non-hydrogen) atoms. The highest BCUT2D eigenvalue weighted by Crippen LogP contribution is 2.20. The summed E-state index contributed by atoms with van der Waals surface area (Å²) < 4.78 is 7.71. The van der Waals surface area contributed by atoms with Gasteiger partial charge in [0.05, 0.1) is 23.1 Å². The number of amides is 1. The SMILES string of the molecule is Cc1nc2ccccc2n1CCNC(=O)[C@H]1CCCO[C@@H]1C. The maximum absolute atomic E-state index is 12.3. The number of hydrogen-bond donors (Lipinski definition) is 1. The molecule has 1 amide bonds. The number of imidazole rings is 1. The molecule has 5 nitrogen and oxygen atoms in total. The minimum absolute atomic E-state index is 0.0181. The van der Waals surface area contributed by atoms with Gasteiger partial charge in [-0.1, -0.05) is 12.1 Å². The van der Waals surface area contributed by atoms with Crippen LogP contribution >= 0.6 is 0 Å². The molecule has 0 bridgehead atoms. The molecule has 0 aliphatic carbocycles. The first-order chi connectivity index (χ1) is 10.7. The fourth-order valence-corrected chi connectivity index (χ4v) is 3.17. The van der Waals surface area contributed by atoms with Crippen molar-refractivity contribution in [2.75, 3.05) is 13.2 Å². The summed E-state index contributed by atoms with van der Waals surface area (Å²) in [5, 5.41) is 3.05. The highest BCUT2D eigenvalue weighted by molar-refractivity contribution is 5.79. The van der Waals surface area contributed by atoms with Gasteiger partial charge in [0.1, 0.15) is 5.82 Å². The van der Waals surface area contributed by atoms with Gasteiger partial charge in [0.25, 0.3) is 0 Å². The average Bonchev–Trinajstić information content (AvgIpc) is 2.83. The monoisotopic (exact) mass is 301 g/mol. The Morgan fingerprint density at radius 1 is 1.45 bits per heavy atom. The first-order valence-corrected chi connectivity index (χ1v) is 7.98. The summed E-state index contributed by atoms with van der Waals surface area (Å²) in [4.78, 5) is 16.8. The molecule has 3 rings (SSSR count). The van der Waals surface area contributed by atoms with Gasteiger partial charge in [0, 0.05) is 19.7 Å². The van der Waals surface area contributed by atoms with Gasteiger partial charge in [-0.05, 0) is 38.8 Å². The Morgan fingerprint density at radius 2 is 2.27 bits per heavy atom. The van der Waals surface area contributed by atoms with Crippen LogP contribution in [-0.4, -0.2) is 34.7 Å². The number of fused-ring (bicyclic) bond motifs is 1. The Hall–Kier alpha value is -1.88. The smallest absolute Gasteiger partial charge is 0.225 e. The summed E-state index contributed by atoms with van der Waals surface area (Å²) >= 11 is 0. The van der Waals surface area contributed by atoms with Gasteiger partial charge in [-0.15, -0.1) is 0 Å². The minimum atomic E-state index is -0.0191. The van der Waals surface area contributed by atoms with Crippen LogP contribution in [0.1, 0.15) is 25.6 Å². The van der Waals surface area contributed by atoms with Crippen LogP contribution in [0.4, 0.5) is 0 Å². The number of carbonyl (C=O) groups excluding carboxylic acids is 1. The second-order valence-corrected chi connectivity index (χ2v) is 5.92. The zero-order valence-electron chi connectivity index (χ0n) is 13.2. The highest BCUT2D eigenvalue weighted by Gasteiger charge is 2.28. The van der Waals surface area contributed by atoms with Crippen molar-refractivity contribution in [3.8, 4) is 0 Å². The number of hydrogen-bond acceptors (Lipinski definition) is 3. The molecule has 1 fully saturated rings. The number of nitrogens with zero attached hydrogens (tertiary/aromatic N) is 2. The van der Waals surface area contributed by atoms with Crippen molar-refractivity contribution in [2.24, 2.45) is 5.92 Å². The lowest BCUT2D eigenvalue weighted by molar-refractivity contribution is -0.133. The molecular formula is C17H23N3O2. The van der Waals surface area contributed by atoms with E-state index < -0.39 is 0 Å². The molecule has 5 heteroatoms. The van der Waals surface area contributed by atoms with Crippen molar-refractivity contribution in [1.29, 1.82) is 0 Å². The van der Waals surface area contributed by atoms with Crippen LogP contribution in [0.2, 0.25) is 0 Å². The van der Waals surface area contributed by atoms with E-state index in [0.29, 0.717) is 6.54 Å². The van der Waals surface area contributed by atoms with E-state index in [9.17, 15) is 4.79 Å². The van der Waals surface area contributed by atoms with Gasteiger partial charge < -0.3 is 14.6 Å². The van der Waals surface area contributed by atoms with E-state index in [-0.39, 0.29) is 17.9 Å². The number of aryl methyl sites for hydroxylation is 1. The van der Waals surface area contributed by atoms with Crippen LogP contribution in [0.15, 0.2) is 24.3 Å². The molecule has 0 saturated carbocycles. The Labute approximate surface area is 130 Å². The third-order valence-electron chi connectivity index (χ3n) is 4.42. The normalized spacial score (nSPS) is 21.9. The summed E-state index contributed by atoms with van der Waals surface area (Å²) in [6.45, 7) is 6.10. The van der Waals surface area contributed by atoms with Crippen molar-refractivity contribution in [1.82, 2.24) is 14.9 Å². The van der Waals surface area contributed by atoms with Gasteiger partial charge in [-0.3, -0.25) is 4.79 Å². The van der Waals surface area contributed by atoms with Crippen molar-refractivity contribution in [3.63, 3.8) is 0 Å². The van der Waals surface area contributed by atoms with Crippen LogP contribution in [0.25, 0.3) is 11.0 Å². The lowest BCUT2D eigenvalue weighted by Gasteiger charge is -2.28. The molecule has 118 valence electrons. The number of ether oxygens (including phenoxy) is 1. The summed E-state index contributed by atoms with van der Waals surface area (Å²) in [6.07, 6.45) is 1.90. The first-order valence-electron chi connectivity index (χ1n) is 7.98. The molecule has 1 aromatic heterocycles. The summed E-state index contributed by atoms with van der Waals surface area (Å²) in [5.74, 6) is 1.06. The van der Waals surface area contributed by atoms with Crippen molar-refractivity contribution in [2.45, 2.75) is 39.3 Å². The zero-order chi connectivity index (χ0) is 15.5. The molecule has 2 aromatic rings. The molecule has 2 atom stereocenters. The molecule has 0 radical (unpaired) electrons. The van der Waals surface area contributed by atoms with Gasteiger partial charge in [-0.2, -0.15) is 0 Å². The maximum atomic E-state index is 12.3. The molecule has 2 heterocycles. The fraction of sp³-hybridized carbons (Fsp3) is 0.529. The van der Waals surface area contributed by atoms with Crippen molar-refractivity contribution in [3.05, 3.63) is 30.1 Å². The second-order valence-electron chi connectivity index (χ2n) is 5.92. The Morgan fingerprint density at radius 3 is 3.09 bits per heavy atom. The lowest BCUT2D eigenvalue weighted by Crippen LogP contribution is -2.41. The van der Waals surface area contributed by atoms with Crippen LogP contribution in [0, 0.1) is 12.8 Å². The largest absolute Gasteiger partial charge is 0.378 e. The topological polar surface area (TPSA) is 56.2 Å². The Bertz CT molecular complexity index is 665. The maximum Gasteiger partial charge on any atom is 0.225 e. The van der Waals surface area contributed by atoms with Gasteiger partial charge >= 0.3 is 0 Å². The van der Waals surface area contributed by atoms with E-state index >= 15 is 0 Å². The van der Waals surface area contributed by atoms with Gasteiger partial charge in [0.2, 0.25) is 5.91 Å². The van der Waals surface area contributed by atoms with Crippen LogP contribution in [-0.2, 0) is 16.1 Å². The van der Waals surface area contributed by atoms with Crippen LogP contribution in [0.3, 0.4) is 0 Å². The van der Waals surface area contributed by atoms with E-state index in [4.69, 9.17) is 4.74 Å². The van der Waals surface area contributed by atoms with E-state index in [1.165, 1.54) is 0 Å². The van der Waals surface area contributed by atoms with E-state index in [1.54, 1.807) is 0 Å². The second kappa shape index (κ2) is 6.48. The minimum Gasteiger partial charge on any atom is -0.378 e. The Kier molecular flexibility index (Phi) is 4.43. The van der Waals surface area contributed by atoms with Crippen LogP contribution in [0.5, 0.6) is 0 Å². The molecule has 0 spiro atoms. The molecule has 0 unspecified atom stereocenters. The zero-order valence-corrected chi connectivity index (χ0v) is 13.2. The number of benzene rings is 1. The van der Waals surface area contributed by atoms with E-state index in [2.05, 4.69) is 20.9 Å². The molecular weight excluding hydrogens is 278 g/mol. The standard InChI is InChI=1S/C17H23N3O2/c1-12-14(6-5-11-22-12)17(21)18-9-10-20-13(2)19-15-7-3-4-8-16(15)20/h3-4,7-8,12,14H,5-6,9-11H2,1-2H3,(H,18,21)/t12-,14+/m1/s1. The van der Waals surface area contributed by atoms with Crippen molar-refractivity contribution < 1.29 is 9.53 Å². The third-order valence-corrected chi connectivity index (χ3v) is 4.42. The Balaban J connectivity index is 1.60. The molecule has 1 aliphatic heterocycles.